The van der Waals surface area contributed by atoms with E-state index in [0.29, 0.717) is 12.4 Å². The molecule has 2 rings (SSSR count). The van der Waals surface area contributed by atoms with Crippen molar-refractivity contribution in [2.24, 2.45) is 0 Å². The lowest BCUT2D eigenvalue weighted by Crippen LogP contribution is -1.94. The van der Waals surface area contributed by atoms with Gasteiger partial charge in [-0.15, -0.1) is 0 Å². The van der Waals surface area contributed by atoms with E-state index >= 15 is 0 Å². The molecule has 0 unspecified atom stereocenters. The molecule has 82 valence electrons. The summed E-state index contributed by atoms with van der Waals surface area (Å²) in [4.78, 5) is 0. The van der Waals surface area contributed by atoms with Gasteiger partial charge in [-0.05, 0) is 17.7 Å². The molecule has 0 spiro atoms. The summed E-state index contributed by atoms with van der Waals surface area (Å²) in [7, 11) is 0. The number of benzene rings is 2. The summed E-state index contributed by atoms with van der Waals surface area (Å²) in [6.45, 7) is 0.436. The molecular weight excluding hydrogens is 204 g/mol. The van der Waals surface area contributed by atoms with E-state index in [2.05, 4.69) is 0 Å². The average molecular weight is 216 g/mol. The molecule has 3 heteroatoms. The van der Waals surface area contributed by atoms with Crippen molar-refractivity contribution in [3.05, 3.63) is 54.1 Å². The van der Waals surface area contributed by atoms with E-state index in [-0.39, 0.29) is 11.5 Å². The van der Waals surface area contributed by atoms with Gasteiger partial charge in [0.1, 0.15) is 12.4 Å². The number of ether oxygens (including phenoxy) is 1. The number of phenolic OH excluding ortho intramolecular Hbond substituents is 2. The zero-order valence-corrected chi connectivity index (χ0v) is 8.63. The van der Waals surface area contributed by atoms with Gasteiger partial charge in [0.05, 0.1) is 0 Å². The van der Waals surface area contributed by atoms with Crippen LogP contribution in [0.25, 0.3) is 0 Å². The standard InChI is InChI=1S/C13H12O3/c14-12-7-6-11(8-13(12)15)16-9-10-4-2-1-3-5-10/h1-8,14-15H,9H2. The van der Waals surface area contributed by atoms with E-state index < -0.39 is 0 Å². The molecule has 0 aliphatic heterocycles. The first-order chi connectivity index (χ1) is 7.75. The molecule has 0 amide bonds. The first-order valence-corrected chi connectivity index (χ1v) is 4.94. The lowest BCUT2D eigenvalue weighted by Gasteiger charge is -2.07. The van der Waals surface area contributed by atoms with Crippen molar-refractivity contribution in [2.45, 2.75) is 6.61 Å². The van der Waals surface area contributed by atoms with Gasteiger partial charge in [-0.2, -0.15) is 0 Å². The summed E-state index contributed by atoms with van der Waals surface area (Å²) in [5.41, 5.74) is 1.05. The van der Waals surface area contributed by atoms with Crippen molar-refractivity contribution < 1.29 is 14.9 Å². The van der Waals surface area contributed by atoms with E-state index in [9.17, 15) is 5.11 Å². The smallest absolute Gasteiger partial charge is 0.161 e. The Bertz CT molecular complexity index is 466. The van der Waals surface area contributed by atoms with Crippen LogP contribution in [0.4, 0.5) is 0 Å². The number of phenols is 2. The van der Waals surface area contributed by atoms with Crippen molar-refractivity contribution in [3.8, 4) is 17.2 Å². The molecule has 0 fully saturated rings. The number of hydrogen-bond donors (Lipinski definition) is 2. The van der Waals surface area contributed by atoms with Crippen LogP contribution in [0.5, 0.6) is 17.2 Å². The maximum atomic E-state index is 9.27. The van der Waals surface area contributed by atoms with Crippen LogP contribution >= 0.6 is 0 Å². The first kappa shape index (κ1) is 10.4. The molecule has 0 aromatic heterocycles. The van der Waals surface area contributed by atoms with Crippen LogP contribution in [0, 0.1) is 0 Å². The third-order valence-corrected chi connectivity index (χ3v) is 2.20. The van der Waals surface area contributed by atoms with Crippen LogP contribution in [0.3, 0.4) is 0 Å². The van der Waals surface area contributed by atoms with Gasteiger partial charge >= 0.3 is 0 Å². The van der Waals surface area contributed by atoms with Crippen molar-refractivity contribution in [1.82, 2.24) is 0 Å². The van der Waals surface area contributed by atoms with E-state index in [4.69, 9.17) is 9.84 Å². The van der Waals surface area contributed by atoms with Crippen molar-refractivity contribution >= 4 is 0 Å². The highest BCUT2D eigenvalue weighted by Gasteiger charge is 2.01. The quantitative estimate of drug-likeness (QED) is 0.775. The van der Waals surface area contributed by atoms with Gasteiger partial charge < -0.3 is 14.9 Å². The zero-order valence-electron chi connectivity index (χ0n) is 8.63. The predicted octanol–water partition coefficient (Wildman–Crippen LogP) is 2.68. The highest BCUT2D eigenvalue weighted by Crippen LogP contribution is 2.28. The molecule has 0 aliphatic carbocycles. The van der Waals surface area contributed by atoms with Gasteiger partial charge in [0.15, 0.2) is 11.5 Å². The lowest BCUT2D eigenvalue weighted by atomic mass is 10.2. The highest BCUT2D eigenvalue weighted by molar-refractivity contribution is 5.43. The highest BCUT2D eigenvalue weighted by atomic mass is 16.5. The van der Waals surface area contributed by atoms with E-state index in [1.165, 1.54) is 12.1 Å². The minimum atomic E-state index is -0.175. The molecule has 2 aromatic rings. The van der Waals surface area contributed by atoms with Crippen LogP contribution in [-0.4, -0.2) is 10.2 Å². The van der Waals surface area contributed by atoms with E-state index in [1.807, 2.05) is 30.3 Å². The minimum Gasteiger partial charge on any atom is -0.504 e. The van der Waals surface area contributed by atoms with E-state index in [0.717, 1.165) is 5.56 Å². The fourth-order valence-electron chi connectivity index (χ4n) is 1.33. The largest absolute Gasteiger partial charge is 0.504 e. The molecule has 0 bridgehead atoms. The Morgan fingerprint density at radius 1 is 0.875 bits per heavy atom. The van der Waals surface area contributed by atoms with Crippen molar-refractivity contribution in [2.75, 3.05) is 0 Å². The maximum Gasteiger partial charge on any atom is 0.161 e. The Labute approximate surface area is 93.6 Å². The zero-order chi connectivity index (χ0) is 11.4. The fourth-order valence-corrected chi connectivity index (χ4v) is 1.33. The second-order valence-electron chi connectivity index (χ2n) is 3.42. The molecule has 0 aliphatic rings. The molecule has 0 heterocycles. The molecular formula is C13H12O3. The summed E-state index contributed by atoms with van der Waals surface area (Å²) in [5, 5.41) is 18.4. The molecule has 2 aromatic carbocycles. The lowest BCUT2D eigenvalue weighted by molar-refractivity contribution is 0.302. The Balaban J connectivity index is 2.03. The van der Waals surface area contributed by atoms with Gasteiger partial charge in [0.2, 0.25) is 0 Å². The second-order valence-corrected chi connectivity index (χ2v) is 3.42. The molecule has 0 saturated carbocycles. The van der Waals surface area contributed by atoms with Crippen molar-refractivity contribution in [3.63, 3.8) is 0 Å². The first-order valence-electron chi connectivity index (χ1n) is 4.94. The summed E-state index contributed by atoms with van der Waals surface area (Å²) in [6.07, 6.45) is 0. The van der Waals surface area contributed by atoms with Gasteiger partial charge in [0.25, 0.3) is 0 Å². The number of hydrogen-bond acceptors (Lipinski definition) is 3. The molecule has 16 heavy (non-hydrogen) atoms. The van der Waals surface area contributed by atoms with Gasteiger partial charge in [-0.3, -0.25) is 0 Å². The van der Waals surface area contributed by atoms with Crippen LogP contribution in [0.1, 0.15) is 5.56 Å². The van der Waals surface area contributed by atoms with Crippen LogP contribution in [0.2, 0.25) is 0 Å². The monoisotopic (exact) mass is 216 g/mol. The van der Waals surface area contributed by atoms with Gasteiger partial charge in [-0.25, -0.2) is 0 Å². The molecule has 2 N–H and O–H groups in total. The fraction of sp³-hybridized carbons (Fsp3) is 0.0769. The van der Waals surface area contributed by atoms with Crippen molar-refractivity contribution in [1.29, 1.82) is 0 Å². The molecule has 0 saturated heterocycles. The Kier molecular flexibility index (Phi) is 2.96. The number of rotatable bonds is 3. The predicted molar refractivity (Wildman–Crippen MR) is 60.5 cm³/mol. The summed E-state index contributed by atoms with van der Waals surface area (Å²) < 4.78 is 5.46. The third-order valence-electron chi connectivity index (χ3n) is 2.20. The molecule has 0 radical (unpaired) electrons. The van der Waals surface area contributed by atoms with E-state index in [1.54, 1.807) is 6.07 Å². The Morgan fingerprint density at radius 3 is 2.31 bits per heavy atom. The Morgan fingerprint density at radius 2 is 1.62 bits per heavy atom. The van der Waals surface area contributed by atoms with Crippen LogP contribution in [-0.2, 0) is 6.61 Å². The minimum absolute atomic E-state index is 0.146. The molecule has 0 atom stereocenters. The molecule has 3 nitrogen and oxygen atoms in total. The second kappa shape index (κ2) is 4.57. The van der Waals surface area contributed by atoms with Gasteiger partial charge in [-0.1, -0.05) is 30.3 Å². The summed E-state index contributed by atoms with van der Waals surface area (Å²) in [5.74, 6) is 0.205. The average Bonchev–Trinajstić information content (AvgIpc) is 2.32. The SMILES string of the molecule is Oc1ccc(OCc2ccccc2)cc1O. The maximum absolute atomic E-state index is 9.27. The third kappa shape index (κ3) is 2.45. The topological polar surface area (TPSA) is 49.7 Å². The van der Waals surface area contributed by atoms with Gasteiger partial charge in [0, 0.05) is 6.07 Å². The summed E-state index contributed by atoms with van der Waals surface area (Å²) in [6, 6.07) is 14.1. The summed E-state index contributed by atoms with van der Waals surface area (Å²) >= 11 is 0. The van der Waals surface area contributed by atoms with Crippen LogP contribution < -0.4 is 4.74 Å². The Hall–Kier alpha value is -2.16. The normalized spacial score (nSPS) is 10.0. The number of aromatic hydroxyl groups is 2. The van der Waals surface area contributed by atoms with Crippen LogP contribution in [0.15, 0.2) is 48.5 Å².